The molecule has 0 saturated carbocycles. The van der Waals surface area contributed by atoms with Crippen molar-refractivity contribution in [2.75, 3.05) is 13.7 Å². The summed E-state index contributed by atoms with van der Waals surface area (Å²) in [6, 6.07) is 8.14. The van der Waals surface area contributed by atoms with Crippen molar-refractivity contribution in [2.24, 2.45) is 11.8 Å². The molecular formula is C20H23N2O3+. The largest absolute Gasteiger partial charge is 0.464 e. The molecule has 0 N–H and O–H groups in total. The van der Waals surface area contributed by atoms with Crippen molar-refractivity contribution in [2.45, 2.75) is 44.2 Å². The van der Waals surface area contributed by atoms with Crippen LogP contribution in [0, 0.1) is 11.8 Å². The molecule has 0 unspecified atom stereocenters. The maximum Gasteiger partial charge on any atom is 0.375 e. The van der Waals surface area contributed by atoms with Gasteiger partial charge >= 0.3 is 5.97 Å². The van der Waals surface area contributed by atoms with E-state index in [1.165, 1.54) is 18.4 Å². The van der Waals surface area contributed by atoms with Gasteiger partial charge in [-0.2, -0.15) is 4.58 Å². The lowest BCUT2D eigenvalue weighted by atomic mass is 9.69. The third-order valence-electron chi connectivity index (χ3n) is 6.81. The molecular weight excluding hydrogens is 316 g/mol. The molecule has 2 bridgehead atoms. The van der Waals surface area contributed by atoms with Crippen LogP contribution in [-0.4, -0.2) is 52.8 Å². The van der Waals surface area contributed by atoms with Crippen LogP contribution in [0.3, 0.4) is 0 Å². The van der Waals surface area contributed by atoms with E-state index in [0.717, 1.165) is 25.1 Å². The Morgan fingerprint density at radius 2 is 2.16 bits per heavy atom. The number of para-hydroxylation sites is 1. The molecule has 1 aromatic rings. The van der Waals surface area contributed by atoms with E-state index in [0.29, 0.717) is 12.3 Å². The van der Waals surface area contributed by atoms with Crippen LogP contribution in [0.5, 0.6) is 0 Å². The fourth-order valence-corrected chi connectivity index (χ4v) is 5.74. The monoisotopic (exact) mass is 339 g/mol. The Balaban J connectivity index is 1.77. The van der Waals surface area contributed by atoms with Crippen LogP contribution in [0.2, 0.25) is 0 Å². The number of methoxy groups -OCH3 is 1. The van der Waals surface area contributed by atoms with Gasteiger partial charge in [0.05, 0.1) is 13.0 Å². The molecule has 5 rings (SSSR count). The van der Waals surface area contributed by atoms with E-state index in [2.05, 4.69) is 28.5 Å². The van der Waals surface area contributed by atoms with Gasteiger partial charge in [-0.05, 0) is 12.3 Å². The number of ether oxygens (including phenoxy) is 1. The number of hydrogen-bond donors (Lipinski definition) is 0. The Morgan fingerprint density at radius 3 is 2.92 bits per heavy atom. The Morgan fingerprint density at radius 1 is 1.36 bits per heavy atom. The lowest BCUT2D eigenvalue weighted by Gasteiger charge is -2.49. The van der Waals surface area contributed by atoms with Crippen LogP contribution in [0.1, 0.15) is 37.7 Å². The molecule has 0 aliphatic carbocycles. The van der Waals surface area contributed by atoms with Gasteiger partial charge < -0.3 is 9.64 Å². The van der Waals surface area contributed by atoms with Crippen LogP contribution in [0.25, 0.3) is 0 Å². The number of rotatable bonds is 2. The van der Waals surface area contributed by atoms with E-state index in [1.807, 2.05) is 12.1 Å². The highest BCUT2D eigenvalue weighted by Crippen LogP contribution is 2.51. The Labute approximate surface area is 147 Å². The molecule has 0 spiro atoms. The van der Waals surface area contributed by atoms with Gasteiger partial charge in [-0.3, -0.25) is 4.79 Å². The number of fused-ring (bicyclic) bond motifs is 4. The van der Waals surface area contributed by atoms with Crippen LogP contribution < -0.4 is 0 Å². The number of hydrogen-bond acceptors (Lipinski definition) is 3. The number of nitrogens with zero attached hydrogens (tertiary/aromatic N) is 2. The Bertz CT molecular complexity index is 815. The summed E-state index contributed by atoms with van der Waals surface area (Å²) in [5.41, 5.74) is 3.54. The summed E-state index contributed by atoms with van der Waals surface area (Å²) in [5.74, 6) is 0.825. The highest BCUT2D eigenvalue weighted by atomic mass is 16.5. The Kier molecular flexibility index (Phi) is 3.12. The van der Waals surface area contributed by atoms with Crippen molar-refractivity contribution in [1.82, 2.24) is 4.90 Å². The number of amides is 1. The van der Waals surface area contributed by atoms with E-state index in [4.69, 9.17) is 4.74 Å². The van der Waals surface area contributed by atoms with E-state index in [-0.39, 0.29) is 35.8 Å². The summed E-state index contributed by atoms with van der Waals surface area (Å²) in [7, 11) is 1.49. The first-order valence-corrected chi connectivity index (χ1v) is 9.27. The van der Waals surface area contributed by atoms with E-state index in [1.54, 1.807) is 0 Å². The van der Waals surface area contributed by atoms with Crippen LogP contribution in [-0.2, 0) is 14.3 Å². The van der Waals surface area contributed by atoms with Crippen LogP contribution in [0.15, 0.2) is 24.3 Å². The van der Waals surface area contributed by atoms with Crippen molar-refractivity contribution in [3.05, 3.63) is 29.8 Å². The standard InChI is InChI=1S/C20H23N2O3/c1-3-11-10-21-16-8-13(11)19(20(24)25-2)22-15-7-5-4-6-12(15)14(18(16)22)9-17(21)23/h4-7,11,13-14,16,19H,3,8-10H2,1-2H3/q+1/t11-,13+,14-,16+,19-/m1/s1. The maximum atomic E-state index is 12.8. The van der Waals surface area contributed by atoms with Gasteiger partial charge in [-0.15, -0.1) is 0 Å². The lowest BCUT2D eigenvalue weighted by Crippen LogP contribution is -2.65. The molecule has 5 heteroatoms. The number of benzene rings is 1. The predicted octanol–water partition coefficient (Wildman–Crippen LogP) is 2.07. The van der Waals surface area contributed by atoms with Gasteiger partial charge in [0.1, 0.15) is 6.04 Å². The molecule has 4 aliphatic heterocycles. The van der Waals surface area contributed by atoms with Crippen molar-refractivity contribution in [1.29, 1.82) is 0 Å². The molecule has 1 aromatic carbocycles. The number of piperidine rings is 2. The number of carbonyl (C=O) groups excluding carboxylic acids is 2. The summed E-state index contributed by atoms with van der Waals surface area (Å²) in [6.45, 7) is 2.94. The van der Waals surface area contributed by atoms with Gasteiger partial charge in [0.2, 0.25) is 11.6 Å². The SMILES string of the molecule is CC[C@@H]1CN2C(=O)C[C@H]3C4=[N+](c5ccccc53)[C@@H](C(=O)OC)[C@H]1C[C@@H]42. The third-order valence-corrected chi connectivity index (χ3v) is 6.81. The molecule has 2 saturated heterocycles. The van der Waals surface area contributed by atoms with Crippen molar-refractivity contribution >= 4 is 23.3 Å². The molecule has 0 aromatic heterocycles. The fraction of sp³-hybridized carbons (Fsp3) is 0.550. The zero-order valence-electron chi connectivity index (χ0n) is 14.6. The zero-order chi connectivity index (χ0) is 17.3. The quantitative estimate of drug-likeness (QED) is 0.612. The van der Waals surface area contributed by atoms with E-state index >= 15 is 0 Å². The topological polar surface area (TPSA) is 49.6 Å². The van der Waals surface area contributed by atoms with Gasteiger partial charge in [-0.25, -0.2) is 4.79 Å². The summed E-state index contributed by atoms with van der Waals surface area (Å²) in [4.78, 5) is 27.7. The first-order valence-electron chi connectivity index (χ1n) is 9.27. The molecule has 0 radical (unpaired) electrons. The van der Waals surface area contributed by atoms with E-state index in [9.17, 15) is 9.59 Å². The number of esters is 1. The molecule has 5 nitrogen and oxygen atoms in total. The van der Waals surface area contributed by atoms with Gasteiger partial charge in [-0.1, -0.05) is 31.5 Å². The van der Waals surface area contributed by atoms with Crippen molar-refractivity contribution in [3.63, 3.8) is 0 Å². The zero-order valence-corrected chi connectivity index (χ0v) is 14.6. The molecule has 4 heterocycles. The van der Waals surface area contributed by atoms with Crippen molar-refractivity contribution < 1.29 is 18.9 Å². The molecule has 130 valence electrons. The minimum atomic E-state index is -0.261. The highest BCUT2D eigenvalue weighted by molar-refractivity contribution is 6.05. The fourth-order valence-electron chi connectivity index (χ4n) is 5.74. The minimum Gasteiger partial charge on any atom is -0.464 e. The van der Waals surface area contributed by atoms with E-state index < -0.39 is 0 Å². The molecule has 4 aliphatic rings. The minimum absolute atomic E-state index is 0.122. The summed E-state index contributed by atoms with van der Waals surface area (Å²) in [5, 5.41) is 0. The Hall–Kier alpha value is -2.17. The van der Waals surface area contributed by atoms with Crippen molar-refractivity contribution in [3.8, 4) is 0 Å². The third kappa shape index (κ3) is 1.81. The summed E-state index contributed by atoms with van der Waals surface area (Å²) in [6.07, 6.45) is 2.39. The normalized spacial score (nSPS) is 34.9. The first-order chi connectivity index (χ1) is 12.2. The maximum absolute atomic E-state index is 12.8. The molecule has 5 atom stereocenters. The summed E-state index contributed by atoms with van der Waals surface area (Å²) < 4.78 is 7.47. The number of carbonyl (C=O) groups is 2. The second-order valence-electron chi connectivity index (χ2n) is 7.71. The first kappa shape index (κ1) is 15.1. The second kappa shape index (κ2) is 5.16. The predicted molar refractivity (Wildman–Crippen MR) is 91.9 cm³/mol. The molecule has 1 amide bonds. The average molecular weight is 339 g/mol. The summed E-state index contributed by atoms with van der Waals surface area (Å²) >= 11 is 0. The smallest absolute Gasteiger partial charge is 0.375 e. The lowest BCUT2D eigenvalue weighted by molar-refractivity contribution is -0.495. The van der Waals surface area contributed by atoms with Gasteiger partial charge in [0.25, 0.3) is 6.04 Å². The van der Waals surface area contributed by atoms with Crippen LogP contribution >= 0.6 is 0 Å². The average Bonchev–Trinajstić information content (AvgIpc) is 2.96. The molecule has 25 heavy (non-hydrogen) atoms. The second-order valence-corrected chi connectivity index (χ2v) is 7.71. The highest BCUT2D eigenvalue weighted by Gasteiger charge is 2.63. The van der Waals surface area contributed by atoms with Gasteiger partial charge in [0.15, 0.2) is 5.71 Å². The van der Waals surface area contributed by atoms with Gasteiger partial charge in [0, 0.05) is 30.5 Å². The molecule has 2 fully saturated rings. The van der Waals surface area contributed by atoms with Crippen LogP contribution in [0.4, 0.5) is 5.69 Å².